The minimum atomic E-state index is -1.45. The van der Waals surface area contributed by atoms with E-state index in [1.165, 1.54) is 9.80 Å². The fraction of sp³-hybridized carbons (Fsp3) is 0.192. The van der Waals surface area contributed by atoms with Crippen molar-refractivity contribution in [1.82, 2.24) is 9.80 Å². The van der Waals surface area contributed by atoms with Crippen LogP contribution in [0.1, 0.15) is 58.4 Å². The van der Waals surface area contributed by atoms with Gasteiger partial charge in [-0.2, -0.15) is 5.26 Å². The van der Waals surface area contributed by atoms with Gasteiger partial charge in [-0.25, -0.2) is 16.6 Å². The summed E-state index contributed by atoms with van der Waals surface area (Å²) in [5.74, 6) is 1.46. The summed E-state index contributed by atoms with van der Waals surface area (Å²) >= 11 is 3.47. The van der Waals surface area contributed by atoms with Crippen LogP contribution in [0.25, 0.3) is 16.0 Å². The highest BCUT2D eigenvalue weighted by atomic mass is 79.9. The smallest absolute Gasteiger partial charge is 0.485 e. The number of rotatable bonds is 6. The molecule has 340 valence electrons. The number of ether oxygens (including phenoxy) is 2. The predicted octanol–water partition coefficient (Wildman–Crippen LogP) is 6.67. The molecule has 10 rings (SSSR count). The number of aliphatic imine (C=N–C) groups is 2. The van der Waals surface area contributed by atoms with Gasteiger partial charge in [-0.3, -0.25) is 19.4 Å². The fourth-order valence-electron chi connectivity index (χ4n) is 8.83. The van der Waals surface area contributed by atoms with Gasteiger partial charge >= 0.3 is 7.12 Å². The fourth-order valence-corrected chi connectivity index (χ4v) is 9.19. The lowest BCUT2D eigenvalue weighted by molar-refractivity contribution is -0.133. The molecule has 0 radical (unpaired) electrons. The van der Waals surface area contributed by atoms with Gasteiger partial charge in [0.05, 0.1) is 12.5 Å². The Labute approximate surface area is 402 Å². The highest BCUT2D eigenvalue weighted by Gasteiger charge is 2.55. The maximum Gasteiger partial charge on any atom is 0.488 e. The largest absolute Gasteiger partial charge is 0.488 e. The van der Waals surface area contributed by atoms with E-state index < -0.39 is 18.2 Å². The van der Waals surface area contributed by atoms with E-state index in [9.17, 15) is 9.59 Å². The number of carbonyl (C=O) groups excluding carboxylic acids is 2. The van der Waals surface area contributed by atoms with Gasteiger partial charge in [0.15, 0.2) is 23.0 Å². The molecule has 4 aliphatic rings. The van der Waals surface area contributed by atoms with Crippen molar-refractivity contribution < 1.29 is 29.1 Å². The Bertz CT molecular complexity index is 3030. The number of nitrogens with zero attached hydrogens (tertiary/aromatic N) is 6. The van der Waals surface area contributed by atoms with Gasteiger partial charge in [0.1, 0.15) is 23.7 Å². The lowest BCUT2D eigenvalue weighted by Gasteiger charge is -2.37. The average Bonchev–Trinajstić information content (AvgIpc) is 3.70. The van der Waals surface area contributed by atoms with Crippen LogP contribution < -0.4 is 26.4 Å². The summed E-state index contributed by atoms with van der Waals surface area (Å²) in [7, 11) is 1.85. The lowest BCUT2D eigenvalue weighted by atomic mass is 9.79. The number of likely N-dealkylation sites (N-methyl/N-ethyl adjacent to an activating group) is 2. The van der Waals surface area contributed by atoms with Gasteiger partial charge in [0, 0.05) is 48.1 Å². The molecule has 16 heteroatoms. The Morgan fingerprint density at radius 1 is 0.721 bits per heavy atom. The first-order chi connectivity index (χ1) is 32.8. The van der Waals surface area contributed by atoms with Crippen LogP contribution in [-0.2, 0) is 33.6 Å². The molecule has 4 aliphatic heterocycles. The van der Waals surface area contributed by atoms with E-state index >= 15 is 0 Å². The Morgan fingerprint density at radius 3 is 1.75 bits per heavy atom. The number of hydrogen-bond acceptors (Lipinski definition) is 11. The first-order valence-corrected chi connectivity index (χ1v) is 22.5. The second-order valence-electron chi connectivity index (χ2n) is 16.7. The molecule has 0 bridgehead atoms. The number of halogens is 1. The Kier molecular flexibility index (Phi) is 13.5. The highest BCUT2D eigenvalue weighted by Crippen LogP contribution is 2.52. The third-order valence-corrected chi connectivity index (χ3v) is 12.8. The van der Waals surface area contributed by atoms with Crippen LogP contribution >= 0.6 is 15.9 Å². The maximum atomic E-state index is 13.5. The molecule has 2 spiro atoms. The summed E-state index contributed by atoms with van der Waals surface area (Å²) in [5, 5.41) is 26.0. The van der Waals surface area contributed by atoms with Crippen molar-refractivity contribution in [2.45, 2.75) is 49.1 Å². The molecule has 14 nitrogen and oxygen atoms in total. The summed E-state index contributed by atoms with van der Waals surface area (Å²) in [6.07, 6.45) is 0.510. The maximum absolute atomic E-state index is 13.5. The molecule has 0 fully saturated rings. The second-order valence-corrected chi connectivity index (χ2v) is 17.6. The molecule has 0 saturated heterocycles. The number of nitriles is 1. The van der Waals surface area contributed by atoms with E-state index in [1.807, 2.05) is 127 Å². The summed E-state index contributed by atoms with van der Waals surface area (Å²) in [6, 6.07) is 47.8. The number of nitrogens with two attached hydrogens (primary N) is 2. The molecule has 0 saturated carbocycles. The molecule has 4 atom stereocenters. The molecule has 6 N–H and O–H groups in total. The van der Waals surface area contributed by atoms with E-state index in [1.54, 1.807) is 38.4 Å². The topological polar surface area (TPSA) is 204 Å². The van der Waals surface area contributed by atoms with E-state index in [0.717, 1.165) is 49.0 Å². The van der Waals surface area contributed by atoms with Crippen LogP contribution in [-0.4, -0.2) is 64.8 Å². The first-order valence-electron chi connectivity index (χ1n) is 21.7. The van der Waals surface area contributed by atoms with E-state index in [0.29, 0.717) is 42.8 Å². The van der Waals surface area contributed by atoms with Crippen molar-refractivity contribution in [1.29, 1.82) is 5.26 Å². The summed E-state index contributed by atoms with van der Waals surface area (Å²) < 4.78 is 13.4. The SMILES string of the molecule is CN1C(=O)C2(CC(c3ccccc3)Oc3ccc(Br)cc32)N=C1N.N#CCc1cccc(B(O)O)c1.[C-]#[N+]Cc1cccc(-c2ccc3c(c2)C2(CC(c4ccccc4)O3)N=C(N)N(C)C2=O)c1. The number of carbonyl (C=O) groups is 2. The van der Waals surface area contributed by atoms with Crippen LogP contribution in [0.3, 0.4) is 0 Å². The van der Waals surface area contributed by atoms with Crippen molar-refractivity contribution in [2.24, 2.45) is 21.5 Å². The minimum absolute atomic E-state index is 0.122. The van der Waals surface area contributed by atoms with E-state index in [4.69, 9.17) is 47.8 Å². The molecular formula is C52H46BBrN8O6. The molecule has 6 aromatic rings. The van der Waals surface area contributed by atoms with Crippen molar-refractivity contribution in [3.63, 3.8) is 0 Å². The zero-order chi connectivity index (χ0) is 48.2. The highest BCUT2D eigenvalue weighted by molar-refractivity contribution is 9.10. The first kappa shape index (κ1) is 46.8. The number of amides is 2. The number of fused-ring (bicyclic) bond motifs is 4. The van der Waals surface area contributed by atoms with Gasteiger partial charge in [-0.05, 0) is 69.7 Å². The number of guanidine groups is 2. The van der Waals surface area contributed by atoms with Crippen LogP contribution in [0.15, 0.2) is 160 Å². The Balaban J connectivity index is 0.000000152. The molecule has 4 unspecified atom stereocenters. The Hall–Kier alpha value is -7.76. The third kappa shape index (κ3) is 9.17. The minimum Gasteiger partial charge on any atom is -0.485 e. The summed E-state index contributed by atoms with van der Waals surface area (Å²) in [5.41, 5.74) is 17.5. The van der Waals surface area contributed by atoms with Gasteiger partial charge in [-0.1, -0.05) is 125 Å². The van der Waals surface area contributed by atoms with Gasteiger partial charge < -0.3 is 35.8 Å². The summed E-state index contributed by atoms with van der Waals surface area (Å²) in [6.45, 7) is 7.47. The summed E-state index contributed by atoms with van der Waals surface area (Å²) in [4.78, 5) is 42.0. The van der Waals surface area contributed by atoms with Gasteiger partial charge in [0.2, 0.25) is 6.54 Å². The zero-order valence-electron chi connectivity index (χ0n) is 37.2. The quantitative estimate of drug-likeness (QED) is 0.104. The van der Waals surface area contributed by atoms with Crippen LogP contribution in [0.5, 0.6) is 11.5 Å². The normalized spacial score (nSPS) is 20.8. The lowest BCUT2D eigenvalue weighted by Crippen LogP contribution is -2.43. The van der Waals surface area contributed by atoms with Crippen LogP contribution in [0, 0.1) is 17.9 Å². The van der Waals surface area contributed by atoms with Crippen molar-refractivity contribution >= 4 is 52.2 Å². The number of hydrogen-bond donors (Lipinski definition) is 4. The van der Waals surface area contributed by atoms with E-state index in [2.05, 4.69) is 25.8 Å². The third-order valence-electron chi connectivity index (χ3n) is 12.3. The molecular weight excluding hydrogens is 923 g/mol. The number of benzene rings is 6. The average molecular weight is 970 g/mol. The second kappa shape index (κ2) is 19.6. The molecule has 68 heavy (non-hydrogen) atoms. The van der Waals surface area contributed by atoms with Crippen molar-refractivity contribution in [2.75, 3.05) is 14.1 Å². The molecule has 2 amide bonds. The standard InChI is InChI=1S/C26H22N4O2.C18H16BrN3O2.C8H8BNO2/c1-28-16-17-7-6-10-19(13-17)20-11-12-22-21(14-20)26(24(31)30(2)25(27)29-26)15-23(32-22)18-8-4-3-5-9-18;1-22-16(23)18(21-17(22)20)10-15(11-5-3-2-4-6-11)24-14-8-7-12(19)9-13(14)18;10-5-4-7-2-1-3-8(6-7)9(11)12/h3-14,23H,15-16H2,2H3,(H2,27,29);2-9,15H,10H2,1H3,(H2,20,21);1-3,6,11-12H,4H2. The van der Waals surface area contributed by atoms with Crippen LogP contribution in [0.4, 0.5) is 0 Å². The van der Waals surface area contributed by atoms with Crippen LogP contribution in [0.2, 0.25) is 0 Å². The Morgan fingerprint density at radius 2 is 1.24 bits per heavy atom. The molecule has 6 aromatic carbocycles. The van der Waals surface area contributed by atoms with Gasteiger partial charge in [0.25, 0.3) is 11.8 Å². The monoisotopic (exact) mass is 968 g/mol. The predicted molar refractivity (Wildman–Crippen MR) is 263 cm³/mol. The van der Waals surface area contributed by atoms with E-state index in [-0.39, 0.29) is 35.9 Å². The zero-order valence-corrected chi connectivity index (χ0v) is 38.7. The van der Waals surface area contributed by atoms with Crippen molar-refractivity contribution in [3.8, 4) is 28.7 Å². The molecule has 0 aliphatic carbocycles. The van der Waals surface area contributed by atoms with Gasteiger partial charge in [-0.15, -0.1) is 0 Å². The molecule has 0 aromatic heterocycles. The van der Waals surface area contributed by atoms with Crippen molar-refractivity contribution in [3.05, 3.63) is 195 Å². The molecule has 4 heterocycles.